The summed E-state index contributed by atoms with van der Waals surface area (Å²) in [7, 11) is 4.13. The van der Waals surface area contributed by atoms with Gasteiger partial charge < -0.3 is 4.90 Å². The first-order chi connectivity index (χ1) is 11.1. The molecule has 23 heavy (non-hydrogen) atoms. The van der Waals surface area contributed by atoms with Gasteiger partial charge in [-0.2, -0.15) is 5.10 Å². The van der Waals surface area contributed by atoms with Gasteiger partial charge in [0.25, 0.3) is 0 Å². The minimum absolute atomic E-state index is 0.312. The van der Waals surface area contributed by atoms with Crippen molar-refractivity contribution in [1.29, 1.82) is 0 Å². The molecule has 0 bridgehead atoms. The van der Waals surface area contributed by atoms with Crippen molar-refractivity contribution in [2.45, 2.75) is 31.8 Å². The second kappa shape index (κ2) is 5.60. The van der Waals surface area contributed by atoms with Crippen LogP contribution in [0, 0.1) is 11.8 Å². The van der Waals surface area contributed by atoms with Gasteiger partial charge in [0, 0.05) is 38.8 Å². The third-order valence-electron chi connectivity index (χ3n) is 5.59. The summed E-state index contributed by atoms with van der Waals surface area (Å²) in [4.78, 5) is 20.5. The van der Waals surface area contributed by atoms with Crippen molar-refractivity contribution >= 4 is 11.6 Å². The average Bonchev–Trinajstić information content (AvgIpc) is 3.13. The summed E-state index contributed by atoms with van der Waals surface area (Å²) in [6, 6.07) is 4.78. The number of carbonyl (C=O) groups excluding carboxylic acids is 1. The summed E-state index contributed by atoms with van der Waals surface area (Å²) >= 11 is 0. The van der Waals surface area contributed by atoms with Crippen molar-refractivity contribution in [3.05, 3.63) is 30.2 Å². The number of aromatic nitrogens is 3. The molecular formula is C17H23N5O. The minimum Gasteiger partial charge on any atom is -0.345 e. The van der Waals surface area contributed by atoms with E-state index in [1.165, 1.54) is 12.0 Å². The molecule has 1 aliphatic carbocycles. The highest BCUT2D eigenvalue weighted by Gasteiger charge is 2.41. The Morgan fingerprint density at radius 3 is 3.04 bits per heavy atom. The topological polar surface area (TPSA) is 53.7 Å². The van der Waals surface area contributed by atoms with Gasteiger partial charge in [-0.3, -0.25) is 9.69 Å². The molecule has 0 radical (unpaired) electrons. The van der Waals surface area contributed by atoms with Crippen molar-refractivity contribution in [3.63, 3.8) is 0 Å². The quantitative estimate of drug-likeness (QED) is 0.860. The van der Waals surface area contributed by atoms with E-state index < -0.39 is 0 Å². The normalized spacial score (nSPS) is 27.9. The first kappa shape index (κ1) is 14.6. The third-order valence-corrected chi connectivity index (χ3v) is 5.59. The molecule has 0 aromatic carbocycles. The van der Waals surface area contributed by atoms with Gasteiger partial charge in [0.2, 0.25) is 5.91 Å². The second-order valence-electron chi connectivity index (χ2n) is 7.14. The molecule has 2 aromatic heterocycles. The molecule has 0 unspecified atom stereocenters. The van der Waals surface area contributed by atoms with Gasteiger partial charge in [-0.15, -0.1) is 0 Å². The Labute approximate surface area is 136 Å². The van der Waals surface area contributed by atoms with Gasteiger partial charge >= 0.3 is 0 Å². The van der Waals surface area contributed by atoms with Crippen molar-refractivity contribution in [2.24, 2.45) is 11.8 Å². The van der Waals surface area contributed by atoms with E-state index in [2.05, 4.69) is 34.2 Å². The Morgan fingerprint density at radius 1 is 1.35 bits per heavy atom. The maximum atomic E-state index is 11.9. The highest BCUT2D eigenvalue weighted by atomic mass is 16.2. The van der Waals surface area contributed by atoms with E-state index >= 15 is 0 Å². The fourth-order valence-electron chi connectivity index (χ4n) is 4.22. The van der Waals surface area contributed by atoms with Crippen LogP contribution >= 0.6 is 0 Å². The molecule has 3 atom stereocenters. The van der Waals surface area contributed by atoms with Crippen LogP contribution in [0.4, 0.5) is 0 Å². The summed E-state index contributed by atoms with van der Waals surface area (Å²) in [6.07, 6.45) is 6.63. The number of likely N-dealkylation sites (tertiary alicyclic amines) is 1. The second-order valence-corrected chi connectivity index (χ2v) is 7.14. The molecule has 122 valence electrons. The molecule has 6 heteroatoms. The fourth-order valence-corrected chi connectivity index (χ4v) is 4.22. The lowest BCUT2D eigenvalue weighted by Gasteiger charge is -2.31. The van der Waals surface area contributed by atoms with Crippen LogP contribution in [-0.4, -0.2) is 57.0 Å². The zero-order valence-electron chi connectivity index (χ0n) is 13.7. The van der Waals surface area contributed by atoms with Gasteiger partial charge in [0.1, 0.15) is 6.33 Å². The van der Waals surface area contributed by atoms with Crippen LogP contribution in [0.25, 0.3) is 5.65 Å². The van der Waals surface area contributed by atoms with Crippen molar-refractivity contribution in [2.75, 3.05) is 20.6 Å². The van der Waals surface area contributed by atoms with E-state index in [1.54, 1.807) is 10.8 Å². The minimum atomic E-state index is 0.312. The Bertz CT molecular complexity index is 727. The Hall–Kier alpha value is -1.95. The lowest BCUT2D eigenvalue weighted by atomic mass is 9.88. The molecule has 1 aliphatic heterocycles. The highest BCUT2D eigenvalue weighted by molar-refractivity contribution is 5.77. The molecule has 2 aromatic rings. The number of hydrogen-bond donors (Lipinski definition) is 0. The van der Waals surface area contributed by atoms with E-state index in [4.69, 9.17) is 0 Å². The van der Waals surface area contributed by atoms with Crippen LogP contribution < -0.4 is 0 Å². The van der Waals surface area contributed by atoms with E-state index in [9.17, 15) is 4.79 Å². The molecular weight excluding hydrogens is 290 g/mol. The van der Waals surface area contributed by atoms with Crippen molar-refractivity contribution in [1.82, 2.24) is 24.4 Å². The van der Waals surface area contributed by atoms with E-state index in [1.807, 2.05) is 18.1 Å². The predicted molar refractivity (Wildman–Crippen MR) is 86.7 cm³/mol. The molecule has 0 spiro atoms. The fraction of sp³-hybridized carbons (Fsp3) is 0.588. The standard InChI is InChI=1S/C17H23N5O/c1-20(9-12-3-4-22-16(5-12)18-11-19-22)15-6-13-8-17(23)21(2)10-14(13)7-15/h3-5,11,13-15H,6-10H2,1-2H3/t13-,14+,15-/m0/s1. The van der Waals surface area contributed by atoms with Gasteiger partial charge in [-0.1, -0.05) is 0 Å². The van der Waals surface area contributed by atoms with E-state index in [0.29, 0.717) is 23.8 Å². The van der Waals surface area contributed by atoms with E-state index in [-0.39, 0.29) is 0 Å². The highest BCUT2D eigenvalue weighted by Crippen LogP contribution is 2.40. The van der Waals surface area contributed by atoms with Crippen molar-refractivity contribution in [3.8, 4) is 0 Å². The SMILES string of the molecule is CN1C[C@H]2C[C@@H](N(C)Cc3ccn4ncnc4c3)C[C@H]2CC1=O. The zero-order valence-corrected chi connectivity index (χ0v) is 13.7. The predicted octanol–water partition coefficient (Wildman–Crippen LogP) is 1.42. The van der Waals surface area contributed by atoms with Crippen LogP contribution in [-0.2, 0) is 11.3 Å². The van der Waals surface area contributed by atoms with Crippen LogP contribution in [0.1, 0.15) is 24.8 Å². The number of fused-ring (bicyclic) bond motifs is 2. The number of amides is 1. The summed E-state index contributed by atoms with van der Waals surface area (Å²) in [6.45, 7) is 1.84. The molecule has 0 N–H and O–H groups in total. The summed E-state index contributed by atoms with van der Waals surface area (Å²) in [5.74, 6) is 1.56. The van der Waals surface area contributed by atoms with Crippen molar-refractivity contribution < 1.29 is 4.79 Å². The average molecular weight is 313 g/mol. The van der Waals surface area contributed by atoms with Crippen LogP contribution in [0.2, 0.25) is 0 Å². The van der Waals surface area contributed by atoms with Crippen LogP contribution in [0.5, 0.6) is 0 Å². The summed E-state index contributed by atoms with van der Waals surface area (Å²) in [5.41, 5.74) is 2.15. The summed E-state index contributed by atoms with van der Waals surface area (Å²) in [5, 5.41) is 4.13. The lowest BCUT2D eigenvalue weighted by molar-refractivity contribution is -0.134. The van der Waals surface area contributed by atoms with Crippen LogP contribution in [0.3, 0.4) is 0 Å². The number of pyridine rings is 1. The van der Waals surface area contributed by atoms with Gasteiger partial charge in [0.15, 0.2) is 5.65 Å². The maximum absolute atomic E-state index is 11.9. The number of nitrogens with zero attached hydrogens (tertiary/aromatic N) is 5. The largest absolute Gasteiger partial charge is 0.345 e. The molecule has 1 saturated heterocycles. The molecule has 2 aliphatic rings. The number of carbonyl (C=O) groups is 1. The first-order valence-electron chi connectivity index (χ1n) is 8.32. The summed E-state index contributed by atoms with van der Waals surface area (Å²) < 4.78 is 1.79. The zero-order chi connectivity index (χ0) is 16.0. The Kier molecular flexibility index (Phi) is 3.56. The molecule has 6 nitrogen and oxygen atoms in total. The first-order valence-corrected chi connectivity index (χ1v) is 8.32. The van der Waals surface area contributed by atoms with Gasteiger partial charge in [0.05, 0.1) is 0 Å². The Balaban J connectivity index is 1.43. The van der Waals surface area contributed by atoms with E-state index in [0.717, 1.165) is 31.6 Å². The lowest BCUT2D eigenvalue weighted by Crippen LogP contribution is -2.39. The molecule has 2 fully saturated rings. The monoisotopic (exact) mass is 313 g/mol. The Morgan fingerprint density at radius 2 is 2.17 bits per heavy atom. The third kappa shape index (κ3) is 2.72. The number of rotatable bonds is 3. The molecule has 1 saturated carbocycles. The van der Waals surface area contributed by atoms with Crippen LogP contribution in [0.15, 0.2) is 24.7 Å². The maximum Gasteiger partial charge on any atom is 0.222 e. The number of hydrogen-bond acceptors (Lipinski definition) is 4. The molecule has 1 amide bonds. The van der Waals surface area contributed by atoms with Gasteiger partial charge in [-0.25, -0.2) is 9.50 Å². The smallest absolute Gasteiger partial charge is 0.222 e. The molecule has 4 rings (SSSR count). The van der Waals surface area contributed by atoms with Gasteiger partial charge in [-0.05, 0) is 49.4 Å². The molecule has 3 heterocycles. The number of piperidine rings is 1.